The third-order valence-electron chi connectivity index (χ3n) is 4.51. The maximum atomic E-state index is 12.6. The highest BCUT2D eigenvalue weighted by Gasteiger charge is 2.43. The predicted octanol–water partition coefficient (Wildman–Crippen LogP) is 2.34. The molecule has 8 nitrogen and oxygen atoms in total. The SMILES string of the molecule is CC(C)(C)OC(=O)N1C[C@@H]2CCCN(C(=O)Nc3ccncn3)[C@@H]2C1. The summed E-state index contributed by atoms with van der Waals surface area (Å²) in [6.45, 7) is 7.40. The average Bonchev–Trinajstić information content (AvgIpc) is 2.98. The van der Waals surface area contributed by atoms with Crippen molar-refractivity contribution in [3.63, 3.8) is 0 Å². The average molecular weight is 347 g/mol. The number of fused-ring (bicyclic) bond motifs is 1. The van der Waals surface area contributed by atoms with E-state index in [0.29, 0.717) is 25.5 Å². The predicted molar refractivity (Wildman–Crippen MR) is 92.1 cm³/mol. The van der Waals surface area contributed by atoms with Crippen molar-refractivity contribution >= 4 is 17.9 Å². The van der Waals surface area contributed by atoms with E-state index in [2.05, 4.69) is 15.3 Å². The fourth-order valence-electron chi connectivity index (χ4n) is 3.45. The molecule has 3 amide bonds. The van der Waals surface area contributed by atoms with Crippen LogP contribution in [0.2, 0.25) is 0 Å². The third-order valence-corrected chi connectivity index (χ3v) is 4.51. The van der Waals surface area contributed by atoms with Gasteiger partial charge < -0.3 is 14.5 Å². The molecule has 2 atom stereocenters. The lowest BCUT2D eigenvalue weighted by atomic mass is 9.92. The topological polar surface area (TPSA) is 87.7 Å². The van der Waals surface area contributed by atoms with Crippen LogP contribution in [0.25, 0.3) is 0 Å². The number of rotatable bonds is 1. The van der Waals surface area contributed by atoms with Crippen molar-refractivity contribution in [2.24, 2.45) is 5.92 Å². The summed E-state index contributed by atoms with van der Waals surface area (Å²) in [4.78, 5) is 36.4. The van der Waals surface area contributed by atoms with Gasteiger partial charge in [-0.05, 0) is 45.6 Å². The van der Waals surface area contributed by atoms with Crippen LogP contribution < -0.4 is 5.32 Å². The van der Waals surface area contributed by atoms with Crippen molar-refractivity contribution in [3.8, 4) is 0 Å². The number of hydrogen-bond acceptors (Lipinski definition) is 5. The molecule has 3 heterocycles. The number of amides is 3. The number of nitrogens with zero attached hydrogens (tertiary/aromatic N) is 4. The minimum atomic E-state index is -0.519. The summed E-state index contributed by atoms with van der Waals surface area (Å²) in [5, 5.41) is 2.81. The normalized spacial score (nSPS) is 23.2. The first-order chi connectivity index (χ1) is 11.8. The zero-order chi connectivity index (χ0) is 18.0. The van der Waals surface area contributed by atoms with Gasteiger partial charge in [-0.25, -0.2) is 19.6 Å². The molecule has 1 aromatic heterocycles. The zero-order valence-electron chi connectivity index (χ0n) is 14.9. The van der Waals surface area contributed by atoms with Crippen molar-refractivity contribution < 1.29 is 14.3 Å². The van der Waals surface area contributed by atoms with Gasteiger partial charge in [0.2, 0.25) is 0 Å². The fraction of sp³-hybridized carbons (Fsp3) is 0.647. The van der Waals surface area contributed by atoms with Gasteiger partial charge in [0.1, 0.15) is 17.7 Å². The highest BCUT2D eigenvalue weighted by atomic mass is 16.6. The summed E-state index contributed by atoms with van der Waals surface area (Å²) in [5.74, 6) is 0.765. The number of likely N-dealkylation sites (tertiary alicyclic amines) is 2. The molecule has 0 aliphatic carbocycles. The third kappa shape index (κ3) is 4.18. The van der Waals surface area contributed by atoms with Crippen LogP contribution >= 0.6 is 0 Å². The number of anilines is 1. The van der Waals surface area contributed by atoms with Crippen LogP contribution in [0.3, 0.4) is 0 Å². The van der Waals surface area contributed by atoms with Crippen molar-refractivity contribution in [1.82, 2.24) is 19.8 Å². The van der Waals surface area contributed by atoms with E-state index < -0.39 is 5.60 Å². The molecule has 0 unspecified atom stereocenters. The van der Waals surface area contributed by atoms with Gasteiger partial charge in [0.15, 0.2) is 0 Å². The van der Waals surface area contributed by atoms with E-state index in [-0.39, 0.29) is 24.1 Å². The van der Waals surface area contributed by atoms with Gasteiger partial charge in [-0.1, -0.05) is 0 Å². The smallest absolute Gasteiger partial charge is 0.410 e. The van der Waals surface area contributed by atoms with Crippen LogP contribution in [0.5, 0.6) is 0 Å². The van der Waals surface area contributed by atoms with Crippen LogP contribution in [-0.2, 0) is 4.74 Å². The molecule has 2 aliphatic heterocycles. The minimum Gasteiger partial charge on any atom is -0.444 e. The fourth-order valence-corrected chi connectivity index (χ4v) is 3.45. The first-order valence-electron chi connectivity index (χ1n) is 8.65. The lowest BCUT2D eigenvalue weighted by Crippen LogP contribution is -2.50. The Hall–Kier alpha value is -2.38. The lowest BCUT2D eigenvalue weighted by molar-refractivity contribution is 0.0282. The Morgan fingerprint density at radius 2 is 2.12 bits per heavy atom. The summed E-state index contributed by atoms with van der Waals surface area (Å²) in [7, 11) is 0. The second-order valence-corrected chi connectivity index (χ2v) is 7.57. The highest BCUT2D eigenvalue weighted by molar-refractivity contribution is 5.88. The summed E-state index contributed by atoms with van der Waals surface area (Å²) >= 11 is 0. The number of piperidine rings is 1. The molecule has 0 bridgehead atoms. The Kier molecular flexibility index (Phi) is 4.78. The Bertz CT molecular complexity index is 631. The van der Waals surface area contributed by atoms with Gasteiger partial charge in [0.05, 0.1) is 6.04 Å². The van der Waals surface area contributed by atoms with E-state index in [1.165, 1.54) is 6.33 Å². The van der Waals surface area contributed by atoms with Crippen molar-refractivity contribution in [1.29, 1.82) is 0 Å². The first kappa shape index (κ1) is 17.4. The molecule has 136 valence electrons. The molecule has 2 fully saturated rings. The van der Waals surface area contributed by atoms with Gasteiger partial charge in [-0.3, -0.25) is 5.32 Å². The van der Waals surface area contributed by atoms with E-state index in [0.717, 1.165) is 12.8 Å². The van der Waals surface area contributed by atoms with Gasteiger partial charge >= 0.3 is 12.1 Å². The maximum absolute atomic E-state index is 12.6. The molecule has 8 heteroatoms. The molecule has 1 N–H and O–H groups in total. The van der Waals surface area contributed by atoms with Crippen LogP contribution in [0, 0.1) is 5.92 Å². The molecule has 2 aliphatic rings. The molecule has 0 spiro atoms. The molecule has 0 radical (unpaired) electrons. The Morgan fingerprint density at radius 1 is 1.32 bits per heavy atom. The summed E-state index contributed by atoms with van der Waals surface area (Å²) in [6, 6.07) is 1.49. The van der Waals surface area contributed by atoms with Gasteiger partial charge in [-0.15, -0.1) is 0 Å². The standard InChI is InChI=1S/C17H25N5O3/c1-17(2,3)25-16(24)21-9-12-5-4-8-22(13(12)10-21)15(23)20-14-6-7-18-11-19-14/h6-7,11-13H,4-5,8-10H2,1-3H3,(H,18,19,20,23)/t12-,13+/m0/s1. The molecular formula is C17H25N5O3. The number of ether oxygens (including phenoxy) is 1. The monoisotopic (exact) mass is 347 g/mol. The van der Waals surface area contributed by atoms with Gasteiger partial charge in [-0.2, -0.15) is 0 Å². The summed E-state index contributed by atoms with van der Waals surface area (Å²) in [5.41, 5.74) is -0.519. The van der Waals surface area contributed by atoms with Crippen molar-refractivity contribution in [2.45, 2.75) is 45.3 Å². The minimum absolute atomic E-state index is 0.0168. The Balaban J connectivity index is 1.65. The largest absolute Gasteiger partial charge is 0.444 e. The van der Waals surface area contributed by atoms with E-state index >= 15 is 0 Å². The number of aromatic nitrogens is 2. The van der Waals surface area contributed by atoms with E-state index in [4.69, 9.17) is 4.74 Å². The van der Waals surface area contributed by atoms with Crippen LogP contribution in [0.4, 0.5) is 15.4 Å². The van der Waals surface area contributed by atoms with Crippen LogP contribution in [0.15, 0.2) is 18.6 Å². The maximum Gasteiger partial charge on any atom is 0.410 e. The molecule has 2 saturated heterocycles. The molecule has 25 heavy (non-hydrogen) atoms. The second kappa shape index (κ2) is 6.85. The number of hydrogen-bond donors (Lipinski definition) is 1. The number of carbonyl (C=O) groups excluding carboxylic acids is 2. The van der Waals surface area contributed by atoms with Crippen LogP contribution in [0.1, 0.15) is 33.6 Å². The van der Waals surface area contributed by atoms with Gasteiger partial charge in [0.25, 0.3) is 0 Å². The van der Waals surface area contributed by atoms with Crippen molar-refractivity contribution in [3.05, 3.63) is 18.6 Å². The highest BCUT2D eigenvalue weighted by Crippen LogP contribution is 2.31. The molecule has 1 aromatic rings. The molecule has 0 aromatic carbocycles. The Morgan fingerprint density at radius 3 is 2.80 bits per heavy atom. The number of nitrogens with one attached hydrogen (secondary N) is 1. The van der Waals surface area contributed by atoms with E-state index in [1.807, 2.05) is 25.7 Å². The van der Waals surface area contributed by atoms with E-state index in [1.54, 1.807) is 17.2 Å². The summed E-state index contributed by atoms with van der Waals surface area (Å²) in [6.07, 6.45) is 4.62. The van der Waals surface area contributed by atoms with Crippen LogP contribution in [-0.4, -0.2) is 63.2 Å². The molecular weight excluding hydrogens is 322 g/mol. The molecule has 3 rings (SSSR count). The zero-order valence-corrected chi connectivity index (χ0v) is 14.9. The first-order valence-corrected chi connectivity index (χ1v) is 8.65. The second-order valence-electron chi connectivity index (χ2n) is 7.57. The van der Waals surface area contributed by atoms with E-state index in [9.17, 15) is 9.59 Å². The van der Waals surface area contributed by atoms with Crippen molar-refractivity contribution in [2.75, 3.05) is 25.0 Å². The Labute approximate surface area is 147 Å². The number of carbonyl (C=O) groups is 2. The molecule has 0 saturated carbocycles. The van der Waals surface area contributed by atoms with Gasteiger partial charge in [0, 0.05) is 25.8 Å². The summed E-state index contributed by atoms with van der Waals surface area (Å²) < 4.78 is 5.47. The quantitative estimate of drug-likeness (QED) is 0.842. The number of urea groups is 1. The lowest BCUT2D eigenvalue weighted by Gasteiger charge is -2.36.